The van der Waals surface area contributed by atoms with E-state index in [1.807, 2.05) is 6.92 Å². The number of benzene rings is 1. The molecule has 0 fully saturated rings. The van der Waals surface area contributed by atoms with Crippen LogP contribution in [0.1, 0.15) is 24.2 Å². The number of carbonyl (C=O) groups excluding carboxylic acids is 1. The zero-order valence-corrected chi connectivity index (χ0v) is 9.51. The van der Waals surface area contributed by atoms with Gasteiger partial charge in [0.2, 0.25) is 0 Å². The van der Waals surface area contributed by atoms with Gasteiger partial charge in [-0.25, -0.2) is 0 Å². The third kappa shape index (κ3) is 3.33. The number of hydrogen-bond acceptors (Lipinski definition) is 5. The van der Waals surface area contributed by atoms with Crippen LogP contribution in [0.3, 0.4) is 0 Å². The Morgan fingerprint density at radius 1 is 1.53 bits per heavy atom. The van der Waals surface area contributed by atoms with Crippen LogP contribution >= 0.6 is 0 Å². The van der Waals surface area contributed by atoms with Crippen molar-refractivity contribution in [2.24, 2.45) is 10.3 Å². The molecule has 17 heavy (non-hydrogen) atoms. The average molecular weight is 236 g/mol. The minimum Gasteiger partial charge on any atom is -0.294 e. The minimum absolute atomic E-state index is 0.131. The number of nitro groups is 1. The van der Waals surface area contributed by atoms with Gasteiger partial charge in [-0.3, -0.25) is 20.3 Å². The smallest absolute Gasteiger partial charge is 0.270 e. The van der Waals surface area contributed by atoms with Gasteiger partial charge >= 0.3 is 0 Å². The van der Waals surface area contributed by atoms with Crippen molar-refractivity contribution in [3.8, 4) is 0 Å². The highest BCUT2D eigenvalue weighted by atomic mass is 16.6. The van der Waals surface area contributed by atoms with E-state index in [4.69, 9.17) is 0 Å². The molecule has 1 aromatic rings. The van der Waals surface area contributed by atoms with E-state index < -0.39 is 4.92 Å². The van der Waals surface area contributed by atoms with Crippen LogP contribution in [0.4, 0.5) is 11.4 Å². The first-order valence-corrected chi connectivity index (χ1v) is 4.98. The number of nitrogens with zero attached hydrogens (tertiary/aromatic N) is 3. The lowest BCUT2D eigenvalue weighted by Crippen LogP contribution is -2.01. The van der Waals surface area contributed by atoms with E-state index in [1.165, 1.54) is 25.1 Å². The summed E-state index contributed by atoms with van der Waals surface area (Å²) in [6.07, 6.45) is 0. The molecule has 0 aromatic heterocycles. The zero-order valence-electron chi connectivity index (χ0n) is 9.51. The maximum atomic E-state index is 11.3. The Morgan fingerprint density at radius 3 is 2.76 bits per heavy atom. The molecule has 0 heterocycles. The van der Waals surface area contributed by atoms with Gasteiger partial charge in [-0.1, -0.05) is 5.22 Å². The molecular formula is C10H12N4O3. The molecule has 1 aromatic carbocycles. The Bertz CT molecular complexity index is 471. The molecule has 90 valence electrons. The summed E-state index contributed by atoms with van der Waals surface area (Å²) in [6.45, 7) is 3.66. The molecule has 0 unspecified atom stereocenters. The topological polar surface area (TPSA) is 97.0 Å². The van der Waals surface area contributed by atoms with Crippen molar-refractivity contribution in [1.82, 2.24) is 0 Å². The van der Waals surface area contributed by atoms with Crippen LogP contribution in [-0.4, -0.2) is 17.3 Å². The third-order valence-corrected chi connectivity index (χ3v) is 1.98. The Labute approximate surface area is 97.7 Å². The Balaban J connectivity index is 3.08. The minimum atomic E-state index is -0.552. The van der Waals surface area contributed by atoms with Gasteiger partial charge < -0.3 is 0 Å². The van der Waals surface area contributed by atoms with Crippen LogP contribution in [0, 0.1) is 10.1 Å². The van der Waals surface area contributed by atoms with E-state index in [-0.39, 0.29) is 17.0 Å². The summed E-state index contributed by atoms with van der Waals surface area (Å²) in [5.74, 6) is -0.275. The van der Waals surface area contributed by atoms with E-state index in [9.17, 15) is 14.9 Å². The summed E-state index contributed by atoms with van der Waals surface area (Å²) >= 11 is 0. The van der Waals surface area contributed by atoms with Crippen LogP contribution in [0.15, 0.2) is 28.5 Å². The summed E-state index contributed by atoms with van der Waals surface area (Å²) < 4.78 is 0. The molecule has 0 aliphatic rings. The van der Waals surface area contributed by atoms with Crippen molar-refractivity contribution >= 4 is 17.2 Å². The summed E-state index contributed by atoms with van der Waals surface area (Å²) in [6, 6.07) is 3.95. The monoisotopic (exact) mass is 236 g/mol. The molecule has 0 amide bonds. The van der Waals surface area contributed by atoms with Crippen LogP contribution in [0.2, 0.25) is 0 Å². The molecule has 7 heteroatoms. The van der Waals surface area contributed by atoms with Gasteiger partial charge in [-0.15, -0.1) is 0 Å². The summed E-state index contributed by atoms with van der Waals surface area (Å²) in [7, 11) is 0. The second kappa shape index (κ2) is 5.69. The number of nitrogens with one attached hydrogen (secondary N) is 1. The maximum absolute atomic E-state index is 11.3. The highest BCUT2D eigenvalue weighted by Gasteiger charge is 2.13. The number of Topliss-reactive ketones (excluding diaryl/α,β-unsaturated/α-hetero) is 1. The number of ketones is 1. The fourth-order valence-corrected chi connectivity index (χ4v) is 1.19. The number of hydrogen-bond donors (Lipinski definition) is 1. The molecule has 0 spiro atoms. The van der Waals surface area contributed by atoms with Gasteiger partial charge in [-0.2, -0.15) is 5.11 Å². The first-order chi connectivity index (χ1) is 8.06. The fourth-order valence-electron chi connectivity index (χ4n) is 1.19. The normalized spacial score (nSPS) is 10.5. The van der Waals surface area contributed by atoms with Crippen LogP contribution in [-0.2, 0) is 0 Å². The highest BCUT2D eigenvalue weighted by Crippen LogP contribution is 2.22. The molecule has 1 N–H and O–H groups in total. The molecule has 1 rings (SSSR count). The van der Waals surface area contributed by atoms with E-state index in [0.717, 1.165) is 0 Å². The van der Waals surface area contributed by atoms with Gasteiger partial charge in [0.15, 0.2) is 5.78 Å². The van der Waals surface area contributed by atoms with Crippen LogP contribution in [0.25, 0.3) is 0 Å². The number of carbonyl (C=O) groups is 1. The molecule has 0 atom stereocenters. The Hall–Kier alpha value is -2.31. The van der Waals surface area contributed by atoms with Crippen molar-refractivity contribution in [3.63, 3.8) is 0 Å². The number of anilines is 1. The molecule has 0 aliphatic heterocycles. The number of rotatable bonds is 5. The summed E-state index contributed by atoms with van der Waals surface area (Å²) in [4.78, 5) is 21.4. The van der Waals surface area contributed by atoms with Gasteiger partial charge in [0.05, 0.1) is 17.2 Å². The maximum Gasteiger partial charge on any atom is 0.270 e. The first kappa shape index (κ1) is 12.8. The number of non-ortho nitro benzene ring substituents is 1. The fraction of sp³-hybridized carbons (Fsp3) is 0.300. The second-order valence-electron chi connectivity index (χ2n) is 3.21. The molecule has 0 bridgehead atoms. The largest absolute Gasteiger partial charge is 0.294 e. The standard InChI is InChI=1S/C10H12N4O3/c1-3-11-13-12-10-5-4-8(14(16)17)6-9(10)7(2)15/h4-6H,3H2,1-2H3,(H,11,12). The molecule has 0 saturated heterocycles. The van der Waals surface area contributed by atoms with E-state index >= 15 is 0 Å². The quantitative estimate of drug-likeness (QED) is 0.367. The van der Waals surface area contributed by atoms with E-state index in [2.05, 4.69) is 15.8 Å². The van der Waals surface area contributed by atoms with Crippen molar-refractivity contribution in [3.05, 3.63) is 33.9 Å². The van der Waals surface area contributed by atoms with Crippen LogP contribution < -0.4 is 5.43 Å². The lowest BCUT2D eigenvalue weighted by molar-refractivity contribution is -0.384. The molecule has 0 radical (unpaired) electrons. The predicted octanol–water partition coefficient (Wildman–Crippen LogP) is 2.60. The molecule has 7 nitrogen and oxygen atoms in total. The zero-order chi connectivity index (χ0) is 12.8. The van der Waals surface area contributed by atoms with Gasteiger partial charge in [-0.05, 0) is 19.9 Å². The molecule has 0 aliphatic carbocycles. The van der Waals surface area contributed by atoms with Gasteiger partial charge in [0, 0.05) is 17.7 Å². The number of nitro benzene ring substituents is 1. The third-order valence-electron chi connectivity index (χ3n) is 1.98. The van der Waals surface area contributed by atoms with E-state index in [0.29, 0.717) is 12.2 Å². The lowest BCUT2D eigenvalue weighted by Gasteiger charge is -2.04. The van der Waals surface area contributed by atoms with Crippen LogP contribution in [0.5, 0.6) is 0 Å². The highest BCUT2D eigenvalue weighted by molar-refractivity contribution is 6.00. The average Bonchev–Trinajstić information content (AvgIpc) is 2.29. The summed E-state index contributed by atoms with van der Waals surface area (Å²) in [5, 5.41) is 17.9. The van der Waals surface area contributed by atoms with E-state index in [1.54, 1.807) is 0 Å². The van der Waals surface area contributed by atoms with Crippen molar-refractivity contribution in [2.75, 3.05) is 12.0 Å². The Kier molecular flexibility index (Phi) is 4.27. The Morgan fingerprint density at radius 2 is 2.24 bits per heavy atom. The van der Waals surface area contributed by atoms with Gasteiger partial charge in [0.1, 0.15) is 0 Å². The second-order valence-corrected chi connectivity index (χ2v) is 3.21. The SMILES string of the molecule is CCN=NNc1ccc([N+](=O)[O-])cc1C(C)=O. The molecular weight excluding hydrogens is 224 g/mol. The van der Waals surface area contributed by atoms with Gasteiger partial charge in [0.25, 0.3) is 5.69 Å². The molecule has 0 saturated carbocycles. The first-order valence-electron chi connectivity index (χ1n) is 4.98. The van der Waals surface area contributed by atoms with Crippen molar-refractivity contribution in [2.45, 2.75) is 13.8 Å². The lowest BCUT2D eigenvalue weighted by atomic mass is 10.1. The van der Waals surface area contributed by atoms with Crippen molar-refractivity contribution < 1.29 is 9.72 Å². The predicted molar refractivity (Wildman–Crippen MR) is 62.1 cm³/mol. The van der Waals surface area contributed by atoms with Crippen molar-refractivity contribution in [1.29, 1.82) is 0 Å². The summed E-state index contributed by atoms with van der Waals surface area (Å²) in [5.41, 5.74) is 3.07.